The molecule has 1 heterocycles. The van der Waals surface area contributed by atoms with Gasteiger partial charge in [0, 0.05) is 18.5 Å². The van der Waals surface area contributed by atoms with Crippen LogP contribution in [0.25, 0.3) is 0 Å². The number of fused-ring (bicyclic) bond motifs is 2. The molecule has 5 heteroatoms. The van der Waals surface area contributed by atoms with Gasteiger partial charge < -0.3 is 4.90 Å². The number of carbonyl (C=O) groups is 1. The van der Waals surface area contributed by atoms with Crippen molar-refractivity contribution >= 4 is 15.7 Å². The van der Waals surface area contributed by atoms with Crippen LogP contribution in [0.2, 0.25) is 0 Å². The smallest absolute Gasteiger partial charge is 0.226 e. The Labute approximate surface area is 113 Å². The first kappa shape index (κ1) is 12.7. The summed E-state index contributed by atoms with van der Waals surface area (Å²) in [7, 11) is -3.28. The van der Waals surface area contributed by atoms with Crippen LogP contribution in [-0.4, -0.2) is 37.6 Å². The summed E-state index contributed by atoms with van der Waals surface area (Å²) in [6, 6.07) is 8.72. The Morgan fingerprint density at radius 3 is 2.53 bits per heavy atom. The average molecular weight is 279 g/mol. The fourth-order valence-corrected chi connectivity index (χ4v) is 4.38. The Morgan fingerprint density at radius 2 is 1.89 bits per heavy atom. The molecule has 1 amide bonds. The van der Waals surface area contributed by atoms with Crippen LogP contribution in [0.4, 0.5) is 0 Å². The molecule has 0 aromatic heterocycles. The Bertz CT molecular complexity index is 582. The third-order valence-electron chi connectivity index (χ3n) is 4.18. The second kappa shape index (κ2) is 4.63. The molecule has 1 aliphatic carbocycles. The van der Waals surface area contributed by atoms with E-state index in [2.05, 4.69) is 0 Å². The number of hydrogen-bond acceptors (Lipinski definition) is 3. The van der Waals surface area contributed by atoms with Crippen LogP contribution in [0, 0.1) is 5.92 Å². The Hall–Kier alpha value is -1.36. The topological polar surface area (TPSA) is 54.5 Å². The van der Waals surface area contributed by atoms with Crippen LogP contribution in [0.1, 0.15) is 19.3 Å². The van der Waals surface area contributed by atoms with Crippen molar-refractivity contribution in [3.63, 3.8) is 0 Å². The van der Waals surface area contributed by atoms with Crippen LogP contribution in [0.5, 0.6) is 0 Å². The van der Waals surface area contributed by atoms with Crippen molar-refractivity contribution in [1.82, 2.24) is 4.90 Å². The minimum Gasteiger partial charge on any atom is -0.338 e. The molecule has 1 saturated heterocycles. The number of hydrogen-bond donors (Lipinski definition) is 0. The van der Waals surface area contributed by atoms with Crippen molar-refractivity contribution < 1.29 is 13.2 Å². The van der Waals surface area contributed by atoms with Crippen LogP contribution >= 0.6 is 0 Å². The van der Waals surface area contributed by atoms with Gasteiger partial charge in [0.05, 0.1) is 10.6 Å². The third kappa shape index (κ3) is 2.27. The zero-order valence-electron chi connectivity index (χ0n) is 10.7. The van der Waals surface area contributed by atoms with Crippen molar-refractivity contribution in [3.05, 3.63) is 30.3 Å². The molecule has 19 heavy (non-hydrogen) atoms. The summed E-state index contributed by atoms with van der Waals surface area (Å²) in [6.07, 6.45) is 2.93. The Morgan fingerprint density at radius 1 is 1.16 bits per heavy atom. The van der Waals surface area contributed by atoms with E-state index in [1.807, 2.05) is 0 Å². The van der Waals surface area contributed by atoms with E-state index in [4.69, 9.17) is 0 Å². The number of rotatable bonds is 4. The lowest BCUT2D eigenvalue weighted by molar-refractivity contribution is -0.133. The fraction of sp³-hybridized carbons (Fsp3) is 0.500. The molecule has 1 aromatic rings. The number of amides is 1. The zero-order valence-corrected chi connectivity index (χ0v) is 11.5. The minimum absolute atomic E-state index is 0.0198. The predicted molar refractivity (Wildman–Crippen MR) is 71.3 cm³/mol. The van der Waals surface area contributed by atoms with E-state index >= 15 is 0 Å². The summed E-state index contributed by atoms with van der Waals surface area (Å²) in [4.78, 5) is 14.1. The van der Waals surface area contributed by atoms with Gasteiger partial charge in [0.1, 0.15) is 0 Å². The average Bonchev–Trinajstić information content (AvgIpc) is 2.99. The Balaban J connectivity index is 1.68. The molecular formula is C14H17NO3S. The summed E-state index contributed by atoms with van der Waals surface area (Å²) < 4.78 is 24.3. The third-order valence-corrected chi connectivity index (χ3v) is 5.89. The van der Waals surface area contributed by atoms with Crippen LogP contribution in [0.3, 0.4) is 0 Å². The van der Waals surface area contributed by atoms with Crippen molar-refractivity contribution in [2.75, 3.05) is 12.3 Å². The van der Waals surface area contributed by atoms with E-state index < -0.39 is 9.84 Å². The predicted octanol–water partition coefficient (Wildman–Crippen LogP) is 1.47. The number of carbonyl (C=O) groups excluding carboxylic acids is 1. The zero-order chi connectivity index (χ0) is 13.5. The molecule has 1 saturated carbocycles. The summed E-state index contributed by atoms with van der Waals surface area (Å²) >= 11 is 0. The van der Waals surface area contributed by atoms with E-state index in [0.717, 1.165) is 19.3 Å². The van der Waals surface area contributed by atoms with Crippen LogP contribution in [-0.2, 0) is 14.6 Å². The summed E-state index contributed by atoms with van der Waals surface area (Å²) in [5.41, 5.74) is 0. The molecule has 2 aliphatic rings. The summed E-state index contributed by atoms with van der Waals surface area (Å²) in [6.45, 7) is 0.331. The quantitative estimate of drug-likeness (QED) is 0.838. The molecule has 2 unspecified atom stereocenters. The lowest BCUT2D eigenvalue weighted by atomic mass is 10.1. The lowest BCUT2D eigenvalue weighted by Gasteiger charge is -2.26. The number of benzene rings is 1. The summed E-state index contributed by atoms with van der Waals surface area (Å²) in [5.74, 6) is 0.329. The molecule has 102 valence electrons. The Kier molecular flexibility index (Phi) is 3.09. The van der Waals surface area contributed by atoms with Crippen molar-refractivity contribution in [1.29, 1.82) is 0 Å². The standard InChI is InChI=1S/C14H17NO3S/c16-14-11-6-7-12(10-11)15(14)8-9-19(17,18)13-4-2-1-3-5-13/h1-5,11-12H,6-10H2. The molecule has 0 radical (unpaired) electrons. The minimum atomic E-state index is -3.28. The molecule has 2 atom stereocenters. The van der Waals surface area contributed by atoms with Crippen LogP contribution in [0.15, 0.2) is 35.2 Å². The molecule has 0 spiro atoms. The van der Waals surface area contributed by atoms with Gasteiger partial charge >= 0.3 is 0 Å². The number of sulfone groups is 1. The van der Waals surface area contributed by atoms with E-state index in [0.29, 0.717) is 11.4 Å². The highest BCUT2D eigenvalue weighted by molar-refractivity contribution is 7.91. The molecule has 1 aromatic carbocycles. The van der Waals surface area contributed by atoms with Gasteiger partial charge in [0.2, 0.25) is 5.91 Å². The fourth-order valence-electron chi connectivity index (χ4n) is 3.14. The summed E-state index contributed by atoms with van der Waals surface area (Å²) in [5, 5.41) is 0. The van der Waals surface area contributed by atoms with Gasteiger partial charge in [-0.2, -0.15) is 0 Å². The second-order valence-corrected chi connectivity index (χ2v) is 7.44. The van der Waals surface area contributed by atoms with Crippen molar-refractivity contribution in [2.24, 2.45) is 5.92 Å². The molecule has 0 N–H and O–H groups in total. The largest absolute Gasteiger partial charge is 0.338 e. The van der Waals surface area contributed by atoms with Gasteiger partial charge in [-0.05, 0) is 31.4 Å². The first-order valence-electron chi connectivity index (χ1n) is 6.66. The highest BCUT2D eigenvalue weighted by Gasteiger charge is 2.44. The van der Waals surface area contributed by atoms with Crippen molar-refractivity contribution in [2.45, 2.75) is 30.2 Å². The van der Waals surface area contributed by atoms with E-state index in [9.17, 15) is 13.2 Å². The first-order chi connectivity index (χ1) is 9.08. The van der Waals surface area contributed by atoms with E-state index in [1.165, 1.54) is 0 Å². The van der Waals surface area contributed by atoms with Gasteiger partial charge in [0.25, 0.3) is 0 Å². The number of piperidine rings is 1. The maximum atomic E-state index is 12.2. The van der Waals surface area contributed by atoms with Gasteiger partial charge in [-0.1, -0.05) is 18.2 Å². The molecular weight excluding hydrogens is 262 g/mol. The van der Waals surface area contributed by atoms with E-state index in [-0.39, 0.29) is 23.6 Å². The normalized spacial score (nSPS) is 26.1. The SMILES string of the molecule is O=C1C2CCC(C2)N1CCS(=O)(=O)c1ccccc1. The van der Waals surface area contributed by atoms with Gasteiger partial charge in [0.15, 0.2) is 9.84 Å². The van der Waals surface area contributed by atoms with E-state index in [1.54, 1.807) is 35.2 Å². The maximum absolute atomic E-state index is 12.2. The molecule has 1 aliphatic heterocycles. The van der Waals surface area contributed by atoms with Crippen LogP contribution < -0.4 is 0 Å². The van der Waals surface area contributed by atoms with Crippen molar-refractivity contribution in [3.8, 4) is 0 Å². The molecule has 2 bridgehead atoms. The second-order valence-electron chi connectivity index (χ2n) is 5.33. The van der Waals surface area contributed by atoms with Gasteiger partial charge in [-0.3, -0.25) is 4.79 Å². The molecule has 2 fully saturated rings. The number of likely N-dealkylation sites (tertiary alicyclic amines) is 1. The highest BCUT2D eigenvalue weighted by Crippen LogP contribution is 2.38. The van der Waals surface area contributed by atoms with Gasteiger partial charge in [-0.15, -0.1) is 0 Å². The van der Waals surface area contributed by atoms with Gasteiger partial charge in [-0.25, -0.2) is 8.42 Å². The lowest BCUT2D eigenvalue weighted by Crippen LogP contribution is -2.40. The molecule has 3 rings (SSSR count). The number of nitrogens with zero attached hydrogens (tertiary/aromatic N) is 1. The highest BCUT2D eigenvalue weighted by atomic mass is 32.2. The first-order valence-corrected chi connectivity index (χ1v) is 8.31. The maximum Gasteiger partial charge on any atom is 0.226 e. The monoisotopic (exact) mass is 279 g/mol. The molecule has 4 nitrogen and oxygen atoms in total.